The quantitative estimate of drug-likeness (QED) is 0.425. The number of nitrogens with one attached hydrogen (secondary N) is 1. The van der Waals surface area contributed by atoms with Crippen LogP contribution in [0.1, 0.15) is 20.7 Å². The second kappa shape index (κ2) is 7.82. The van der Waals surface area contributed by atoms with Gasteiger partial charge >= 0.3 is 5.97 Å². The minimum Gasteiger partial charge on any atom is -0.478 e. The van der Waals surface area contributed by atoms with Crippen LogP contribution in [0.4, 0.5) is 0 Å². The van der Waals surface area contributed by atoms with Crippen molar-refractivity contribution in [2.24, 2.45) is 11.6 Å². The number of para-hydroxylation sites is 1. The Labute approximate surface area is 148 Å². The SMILES string of the molecule is NC(=O)c1cccc2c1OCO2.NNS(=O)(=O)c1ccc(C(=O)O)cc1. The monoisotopic (exact) mass is 381 g/mol. The summed E-state index contributed by atoms with van der Waals surface area (Å²) in [5, 5.41) is 8.55. The van der Waals surface area contributed by atoms with Crippen molar-refractivity contribution in [1.29, 1.82) is 0 Å². The van der Waals surface area contributed by atoms with Crippen molar-refractivity contribution in [3.05, 3.63) is 53.6 Å². The number of hydrogen-bond acceptors (Lipinski definition) is 7. The summed E-state index contributed by atoms with van der Waals surface area (Å²) >= 11 is 0. The summed E-state index contributed by atoms with van der Waals surface area (Å²) in [6.07, 6.45) is 0. The van der Waals surface area contributed by atoms with Crippen LogP contribution < -0.4 is 25.9 Å². The summed E-state index contributed by atoms with van der Waals surface area (Å²) in [6, 6.07) is 9.74. The lowest BCUT2D eigenvalue weighted by Crippen LogP contribution is -2.30. The van der Waals surface area contributed by atoms with E-state index in [0.717, 1.165) is 0 Å². The highest BCUT2D eigenvalue weighted by Gasteiger charge is 2.19. The van der Waals surface area contributed by atoms with Crippen LogP contribution in [0.15, 0.2) is 47.4 Å². The molecule has 11 heteroatoms. The number of nitrogens with two attached hydrogens (primary N) is 2. The van der Waals surface area contributed by atoms with Gasteiger partial charge in [-0.1, -0.05) is 6.07 Å². The van der Waals surface area contributed by atoms with Crippen molar-refractivity contribution in [2.45, 2.75) is 4.90 Å². The maximum atomic E-state index is 11.1. The number of hydrogen-bond donors (Lipinski definition) is 4. The van der Waals surface area contributed by atoms with E-state index in [1.807, 2.05) is 0 Å². The highest BCUT2D eigenvalue weighted by Crippen LogP contribution is 2.34. The molecule has 0 radical (unpaired) electrons. The molecule has 0 saturated carbocycles. The molecule has 1 aliphatic rings. The van der Waals surface area contributed by atoms with Gasteiger partial charge in [-0.15, -0.1) is 0 Å². The van der Waals surface area contributed by atoms with E-state index in [1.54, 1.807) is 23.0 Å². The Balaban J connectivity index is 0.000000189. The van der Waals surface area contributed by atoms with Crippen LogP contribution in [-0.4, -0.2) is 32.2 Å². The van der Waals surface area contributed by atoms with Crippen molar-refractivity contribution >= 4 is 21.9 Å². The zero-order chi connectivity index (χ0) is 19.3. The molecule has 2 aromatic carbocycles. The lowest BCUT2D eigenvalue weighted by atomic mass is 10.2. The molecule has 2 aromatic rings. The van der Waals surface area contributed by atoms with Crippen molar-refractivity contribution in [2.75, 3.05) is 6.79 Å². The molecule has 138 valence electrons. The van der Waals surface area contributed by atoms with E-state index in [0.29, 0.717) is 17.1 Å². The van der Waals surface area contributed by atoms with E-state index < -0.39 is 21.9 Å². The van der Waals surface area contributed by atoms with E-state index in [9.17, 15) is 18.0 Å². The number of benzene rings is 2. The van der Waals surface area contributed by atoms with E-state index in [2.05, 4.69) is 0 Å². The Morgan fingerprint density at radius 1 is 1.08 bits per heavy atom. The third-order valence-electron chi connectivity index (χ3n) is 3.23. The maximum Gasteiger partial charge on any atom is 0.335 e. The second-order valence-electron chi connectivity index (χ2n) is 4.85. The number of carbonyl (C=O) groups is 2. The third-order valence-corrected chi connectivity index (χ3v) is 4.43. The summed E-state index contributed by atoms with van der Waals surface area (Å²) in [5.41, 5.74) is 5.49. The van der Waals surface area contributed by atoms with Gasteiger partial charge in [0.1, 0.15) is 0 Å². The molecule has 0 atom stereocenters. The first-order valence-corrected chi connectivity index (χ1v) is 8.48. The van der Waals surface area contributed by atoms with Gasteiger partial charge in [0.15, 0.2) is 11.5 Å². The molecule has 0 fully saturated rings. The fourth-order valence-corrected chi connectivity index (χ4v) is 2.60. The van der Waals surface area contributed by atoms with Gasteiger partial charge in [-0.2, -0.15) is 4.83 Å². The fraction of sp³-hybridized carbons (Fsp3) is 0.0667. The lowest BCUT2D eigenvalue weighted by Gasteiger charge is -2.01. The summed E-state index contributed by atoms with van der Waals surface area (Å²) < 4.78 is 32.3. The Hall–Kier alpha value is -3.15. The number of rotatable bonds is 4. The Bertz CT molecular complexity index is 927. The number of carboxylic acids is 1. The molecule has 1 aliphatic heterocycles. The fourth-order valence-electron chi connectivity index (χ4n) is 1.97. The van der Waals surface area contributed by atoms with Crippen molar-refractivity contribution in [1.82, 2.24) is 4.83 Å². The molecule has 0 bridgehead atoms. The first-order chi connectivity index (χ1) is 12.3. The first kappa shape index (κ1) is 19.2. The van der Waals surface area contributed by atoms with Crippen molar-refractivity contribution in [3.8, 4) is 11.5 Å². The van der Waals surface area contributed by atoms with Gasteiger partial charge in [0.05, 0.1) is 16.0 Å². The molecule has 0 aromatic heterocycles. The molecule has 0 aliphatic carbocycles. The zero-order valence-corrected chi connectivity index (χ0v) is 14.0. The zero-order valence-electron chi connectivity index (χ0n) is 13.2. The largest absolute Gasteiger partial charge is 0.478 e. The van der Waals surface area contributed by atoms with Crippen molar-refractivity contribution < 1.29 is 32.6 Å². The molecular weight excluding hydrogens is 366 g/mol. The summed E-state index contributed by atoms with van der Waals surface area (Å²) in [6.45, 7) is 0.152. The number of aromatic carboxylic acids is 1. The summed E-state index contributed by atoms with van der Waals surface area (Å²) in [5.74, 6) is 4.19. The van der Waals surface area contributed by atoms with Crippen LogP contribution in [0.5, 0.6) is 11.5 Å². The number of fused-ring (bicyclic) bond motifs is 1. The van der Waals surface area contributed by atoms with E-state index >= 15 is 0 Å². The van der Waals surface area contributed by atoms with Gasteiger partial charge in [-0.25, -0.2) is 13.2 Å². The number of primary amides is 1. The average Bonchev–Trinajstić information content (AvgIpc) is 3.10. The lowest BCUT2D eigenvalue weighted by molar-refractivity contribution is 0.0696. The minimum absolute atomic E-state index is 0.0148. The molecule has 1 heterocycles. The predicted molar refractivity (Wildman–Crippen MR) is 89.0 cm³/mol. The molecule has 10 nitrogen and oxygen atoms in total. The minimum atomic E-state index is -3.71. The standard InChI is InChI=1S/C8H7NO3.C7H8N2O4S/c9-8(10)5-2-1-3-6-7(5)12-4-11-6;8-9-14(12,13)6-3-1-5(2-4-6)7(10)11/h1-3H,4H2,(H2,9,10);1-4,9H,8H2,(H,10,11). The average molecular weight is 381 g/mol. The molecule has 1 amide bonds. The van der Waals surface area contributed by atoms with E-state index in [-0.39, 0.29) is 17.3 Å². The predicted octanol–water partition coefficient (Wildman–Crippen LogP) is 0.0510. The van der Waals surface area contributed by atoms with E-state index in [1.165, 1.54) is 24.3 Å². The molecule has 26 heavy (non-hydrogen) atoms. The van der Waals surface area contributed by atoms with Gasteiger partial charge in [0.2, 0.25) is 6.79 Å². The normalized spacial score (nSPS) is 12.0. The Morgan fingerprint density at radius 3 is 2.27 bits per heavy atom. The van der Waals surface area contributed by atoms with Crippen LogP contribution in [0.2, 0.25) is 0 Å². The van der Waals surface area contributed by atoms with Gasteiger partial charge in [-0.3, -0.25) is 10.6 Å². The number of sulfonamides is 1. The Kier molecular flexibility index (Phi) is 5.77. The molecule has 0 saturated heterocycles. The molecule has 0 spiro atoms. The number of carbonyl (C=O) groups excluding carboxylic acids is 1. The van der Waals surface area contributed by atoms with Gasteiger partial charge in [0, 0.05) is 0 Å². The second-order valence-corrected chi connectivity index (χ2v) is 6.57. The maximum absolute atomic E-state index is 11.1. The Morgan fingerprint density at radius 2 is 1.73 bits per heavy atom. The number of amides is 1. The van der Waals surface area contributed by atoms with Crippen LogP contribution in [0.3, 0.4) is 0 Å². The molecule has 3 rings (SSSR count). The number of hydrazine groups is 1. The van der Waals surface area contributed by atoms with Crippen LogP contribution in [0.25, 0.3) is 0 Å². The third kappa shape index (κ3) is 4.27. The molecular formula is C15H15N3O7S. The van der Waals surface area contributed by atoms with Crippen LogP contribution in [-0.2, 0) is 10.0 Å². The van der Waals surface area contributed by atoms with Gasteiger partial charge in [-0.05, 0) is 36.4 Å². The van der Waals surface area contributed by atoms with Gasteiger partial charge in [0.25, 0.3) is 15.9 Å². The smallest absolute Gasteiger partial charge is 0.335 e. The highest BCUT2D eigenvalue weighted by molar-refractivity contribution is 7.89. The first-order valence-electron chi connectivity index (χ1n) is 7.00. The summed E-state index contributed by atoms with van der Waals surface area (Å²) in [7, 11) is -3.71. The van der Waals surface area contributed by atoms with Crippen molar-refractivity contribution in [3.63, 3.8) is 0 Å². The van der Waals surface area contributed by atoms with E-state index in [4.69, 9.17) is 26.2 Å². The van der Waals surface area contributed by atoms with Gasteiger partial charge < -0.3 is 20.3 Å². The van der Waals surface area contributed by atoms with Crippen LogP contribution in [0, 0.1) is 0 Å². The summed E-state index contributed by atoms with van der Waals surface area (Å²) in [4.78, 5) is 22.8. The topological polar surface area (TPSA) is 171 Å². The highest BCUT2D eigenvalue weighted by atomic mass is 32.2. The molecule has 6 N–H and O–H groups in total. The molecule has 0 unspecified atom stereocenters. The number of ether oxygens (including phenoxy) is 2. The number of carboxylic acid groups (broad SMARTS) is 1. The van der Waals surface area contributed by atoms with Crippen LogP contribution >= 0.6 is 0 Å².